The summed E-state index contributed by atoms with van der Waals surface area (Å²) < 4.78 is 37.8. The Kier molecular flexibility index (Phi) is 4.23. The van der Waals surface area contributed by atoms with E-state index in [1.54, 1.807) is 24.3 Å². The van der Waals surface area contributed by atoms with Crippen molar-refractivity contribution in [2.75, 3.05) is 11.9 Å². The van der Waals surface area contributed by atoms with Gasteiger partial charge in [0, 0.05) is 18.8 Å². The van der Waals surface area contributed by atoms with Crippen LogP contribution in [-0.4, -0.2) is 13.1 Å². The highest BCUT2D eigenvalue weighted by Crippen LogP contribution is 2.41. The van der Waals surface area contributed by atoms with E-state index in [2.05, 4.69) is 11.0 Å². The molecule has 2 nitrogen and oxygen atoms in total. The summed E-state index contributed by atoms with van der Waals surface area (Å²) >= 11 is 0. The minimum absolute atomic E-state index is 0.304. The van der Waals surface area contributed by atoms with Crippen LogP contribution in [0.5, 0.6) is 0 Å². The van der Waals surface area contributed by atoms with Crippen molar-refractivity contribution in [3.63, 3.8) is 0 Å². The first-order valence-corrected chi connectivity index (χ1v) is 7.78. The Hall–Kier alpha value is -2.48. The SMILES string of the molecule is CN(c1ccc(C#N)cc1)C1CC(c2ccc(C(F)(F)F)cc2)C1. The molecule has 1 aliphatic rings. The first kappa shape index (κ1) is 16.4. The van der Waals surface area contributed by atoms with E-state index in [9.17, 15) is 13.2 Å². The van der Waals surface area contributed by atoms with Gasteiger partial charge in [-0.15, -0.1) is 0 Å². The first-order valence-electron chi connectivity index (χ1n) is 7.78. The van der Waals surface area contributed by atoms with Crippen molar-refractivity contribution < 1.29 is 13.2 Å². The number of halogens is 3. The zero-order chi connectivity index (χ0) is 17.3. The van der Waals surface area contributed by atoms with Gasteiger partial charge in [-0.05, 0) is 60.7 Å². The summed E-state index contributed by atoms with van der Waals surface area (Å²) in [6, 6.07) is 15.4. The largest absolute Gasteiger partial charge is 0.416 e. The summed E-state index contributed by atoms with van der Waals surface area (Å²) in [5.41, 5.74) is 2.04. The molecule has 5 heteroatoms. The number of benzene rings is 2. The molecule has 0 saturated heterocycles. The Morgan fingerprint density at radius 3 is 2.08 bits per heavy atom. The molecular weight excluding hydrogens is 313 g/mol. The molecule has 0 bridgehead atoms. The van der Waals surface area contributed by atoms with Crippen LogP contribution in [0.15, 0.2) is 48.5 Å². The summed E-state index contributed by atoms with van der Waals surface area (Å²) in [5, 5.41) is 8.83. The monoisotopic (exact) mass is 330 g/mol. The fourth-order valence-electron chi connectivity index (χ4n) is 3.10. The molecule has 0 unspecified atom stereocenters. The second-order valence-electron chi connectivity index (χ2n) is 6.21. The molecule has 1 aliphatic carbocycles. The van der Waals surface area contributed by atoms with Gasteiger partial charge < -0.3 is 4.90 Å². The summed E-state index contributed by atoms with van der Waals surface area (Å²) in [6.45, 7) is 0. The van der Waals surface area contributed by atoms with E-state index in [-0.39, 0.29) is 0 Å². The van der Waals surface area contributed by atoms with Gasteiger partial charge >= 0.3 is 6.18 Å². The van der Waals surface area contributed by atoms with Crippen molar-refractivity contribution in [3.8, 4) is 6.07 Å². The Morgan fingerprint density at radius 1 is 1.00 bits per heavy atom. The third kappa shape index (κ3) is 3.23. The van der Waals surface area contributed by atoms with Gasteiger partial charge in [-0.3, -0.25) is 0 Å². The summed E-state index contributed by atoms with van der Waals surface area (Å²) in [7, 11) is 2.01. The van der Waals surface area contributed by atoms with Gasteiger partial charge in [0.05, 0.1) is 17.2 Å². The Bertz CT molecular complexity index is 736. The quantitative estimate of drug-likeness (QED) is 0.795. The molecule has 1 fully saturated rings. The summed E-state index contributed by atoms with van der Waals surface area (Å²) in [5.74, 6) is 0.304. The molecular formula is C19H17F3N2. The average Bonchev–Trinajstić information content (AvgIpc) is 2.53. The van der Waals surface area contributed by atoms with Crippen molar-refractivity contribution in [3.05, 3.63) is 65.2 Å². The second-order valence-corrected chi connectivity index (χ2v) is 6.21. The van der Waals surface area contributed by atoms with Gasteiger partial charge in [0.1, 0.15) is 0 Å². The molecule has 0 amide bonds. The van der Waals surface area contributed by atoms with Crippen molar-refractivity contribution >= 4 is 5.69 Å². The van der Waals surface area contributed by atoms with Crippen LogP contribution in [0.2, 0.25) is 0 Å². The highest BCUT2D eigenvalue weighted by molar-refractivity contribution is 5.50. The fraction of sp³-hybridized carbons (Fsp3) is 0.316. The topological polar surface area (TPSA) is 27.0 Å². The van der Waals surface area contributed by atoms with Crippen LogP contribution < -0.4 is 4.90 Å². The van der Waals surface area contributed by atoms with Gasteiger partial charge in [0.2, 0.25) is 0 Å². The molecule has 24 heavy (non-hydrogen) atoms. The number of alkyl halides is 3. The van der Waals surface area contributed by atoms with Crippen molar-refractivity contribution in [2.45, 2.75) is 31.0 Å². The van der Waals surface area contributed by atoms with Crippen molar-refractivity contribution in [1.29, 1.82) is 5.26 Å². The molecule has 2 aromatic rings. The van der Waals surface area contributed by atoms with Crippen LogP contribution in [0.4, 0.5) is 18.9 Å². The number of nitrogens with zero attached hydrogens (tertiary/aromatic N) is 2. The normalized spacial score (nSPS) is 20.1. The van der Waals surface area contributed by atoms with E-state index in [1.807, 2.05) is 19.2 Å². The van der Waals surface area contributed by atoms with Crippen LogP contribution >= 0.6 is 0 Å². The van der Waals surface area contributed by atoms with Crippen molar-refractivity contribution in [2.24, 2.45) is 0 Å². The molecule has 3 rings (SSSR count). The van der Waals surface area contributed by atoms with Crippen LogP contribution in [0.25, 0.3) is 0 Å². The van der Waals surface area contributed by atoms with E-state index in [1.165, 1.54) is 0 Å². The average molecular weight is 330 g/mol. The summed E-state index contributed by atoms with van der Waals surface area (Å²) in [6.07, 6.45) is -2.44. The number of nitriles is 1. The molecule has 0 atom stereocenters. The zero-order valence-corrected chi connectivity index (χ0v) is 13.2. The summed E-state index contributed by atoms with van der Waals surface area (Å²) in [4.78, 5) is 2.17. The second kappa shape index (κ2) is 6.20. The molecule has 2 aromatic carbocycles. The van der Waals surface area contributed by atoms with Gasteiger partial charge in [-0.2, -0.15) is 18.4 Å². The maximum atomic E-state index is 12.6. The number of rotatable bonds is 3. The molecule has 0 aromatic heterocycles. The maximum absolute atomic E-state index is 12.6. The van der Waals surface area contributed by atoms with E-state index < -0.39 is 11.7 Å². The Balaban J connectivity index is 1.61. The standard InChI is InChI=1S/C19H17F3N2/c1-24(17-8-2-13(12-23)3-9-17)18-10-15(11-18)14-4-6-16(7-5-14)19(20,21)22/h2-9,15,18H,10-11H2,1H3. The lowest BCUT2D eigenvalue weighted by Crippen LogP contribution is -2.41. The van der Waals surface area contributed by atoms with E-state index >= 15 is 0 Å². The number of anilines is 1. The zero-order valence-electron chi connectivity index (χ0n) is 13.2. The number of hydrogen-bond acceptors (Lipinski definition) is 2. The Labute approximate surface area is 139 Å². The fourth-order valence-corrected chi connectivity index (χ4v) is 3.10. The van der Waals surface area contributed by atoms with Crippen LogP contribution in [0, 0.1) is 11.3 Å². The first-order chi connectivity index (χ1) is 11.4. The number of hydrogen-bond donors (Lipinski definition) is 0. The van der Waals surface area contributed by atoms with Crippen LogP contribution in [-0.2, 0) is 6.18 Å². The maximum Gasteiger partial charge on any atom is 0.416 e. The molecule has 1 saturated carbocycles. The molecule has 0 spiro atoms. The molecule has 0 radical (unpaired) electrons. The van der Waals surface area contributed by atoms with Gasteiger partial charge in [0.15, 0.2) is 0 Å². The molecule has 0 N–H and O–H groups in total. The third-order valence-electron chi connectivity index (χ3n) is 4.77. The highest BCUT2D eigenvalue weighted by Gasteiger charge is 2.34. The third-order valence-corrected chi connectivity index (χ3v) is 4.77. The smallest absolute Gasteiger partial charge is 0.372 e. The minimum atomic E-state index is -4.28. The Morgan fingerprint density at radius 2 is 1.58 bits per heavy atom. The molecule has 0 heterocycles. The van der Waals surface area contributed by atoms with E-state index in [4.69, 9.17) is 5.26 Å². The highest BCUT2D eigenvalue weighted by atomic mass is 19.4. The molecule has 0 aliphatic heterocycles. The predicted octanol–water partition coefficient (Wildman–Crippen LogP) is 4.96. The lowest BCUT2D eigenvalue weighted by atomic mass is 9.75. The van der Waals surface area contributed by atoms with Crippen molar-refractivity contribution in [1.82, 2.24) is 0 Å². The van der Waals surface area contributed by atoms with Gasteiger partial charge in [-0.25, -0.2) is 0 Å². The minimum Gasteiger partial charge on any atom is -0.372 e. The molecule has 124 valence electrons. The van der Waals surface area contributed by atoms with Gasteiger partial charge in [-0.1, -0.05) is 12.1 Å². The van der Waals surface area contributed by atoms with Gasteiger partial charge in [0.25, 0.3) is 0 Å². The predicted molar refractivity (Wildman–Crippen MR) is 86.8 cm³/mol. The van der Waals surface area contributed by atoms with E-state index in [0.717, 1.165) is 36.2 Å². The lowest BCUT2D eigenvalue weighted by Gasteiger charge is -2.42. The van der Waals surface area contributed by atoms with Crippen LogP contribution in [0.1, 0.15) is 35.4 Å². The van der Waals surface area contributed by atoms with Crippen LogP contribution in [0.3, 0.4) is 0 Å². The van der Waals surface area contributed by atoms with E-state index in [0.29, 0.717) is 17.5 Å². The lowest BCUT2D eigenvalue weighted by molar-refractivity contribution is -0.137.